The minimum Gasteiger partial charge on any atom is -0.319 e. The van der Waals surface area contributed by atoms with Crippen LogP contribution >= 0.6 is 0 Å². The van der Waals surface area contributed by atoms with Gasteiger partial charge >= 0.3 is 0 Å². The predicted octanol–water partition coefficient (Wildman–Crippen LogP) is 3.89. The molecule has 0 aliphatic heterocycles. The Balaban J connectivity index is 1.66. The molecule has 122 valence electrons. The molecule has 0 unspecified atom stereocenters. The lowest BCUT2D eigenvalue weighted by Gasteiger charge is -2.06. The number of para-hydroxylation sites is 1. The van der Waals surface area contributed by atoms with E-state index in [9.17, 15) is 4.79 Å². The lowest BCUT2D eigenvalue weighted by molar-refractivity contribution is 0.102. The number of hydrogen-bond acceptors (Lipinski definition) is 3. The number of rotatable bonds is 3. The summed E-state index contributed by atoms with van der Waals surface area (Å²) in [6.45, 7) is 0. The van der Waals surface area contributed by atoms with E-state index in [1.165, 1.54) is 0 Å². The normalized spacial score (nSPS) is 10.8. The topological polar surface area (TPSA) is 59.8 Å². The summed E-state index contributed by atoms with van der Waals surface area (Å²) in [6, 6.07) is 21.2. The van der Waals surface area contributed by atoms with Crippen LogP contribution in [0.5, 0.6) is 0 Å². The first-order valence-electron chi connectivity index (χ1n) is 7.97. The molecule has 2 heterocycles. The van der Waals surface area contributed by atoms with Crippen molar-refractivity contribution in [1.82, 2.24) is 14.8 Å². The average molecular weight is 328 g/mol. The summed E-state index contributed by atoms with van der Waals surface area (Å²) < 4.78 is 1.71. The summed E-state index contributed by atoms with van der Waals surface area (Å²) in [5.74, 6) is -0.254. The molecular formula is C20H16N4O. The number of aryl methyl sites for hydroxylation is 1. The maximum atomic E-state index is 12.6. The average Bonchev–Trinajstić information content (AvgIpc) is 3.05. The number of anilines is 1. The maximum Gasteiger partial charge on any atom is 0.276 e. The summed E-state index contributed by atoms with van der Waals surface area (Å²) in [6.07, 6.45) is 1.71. The zero-order chi connectivity index (χ0) is 17.2. The Morgan fingerprint density at radius 2 is 1.80 bits per heavy atom. The second-order valence-corrected chi connectivity index (χ2v) is 5.74. The van der Waals surface area contributed by atoms with Gasteiger partial charge in [0.05, 0.1) is 16.9 Å². The molecule has 0 aliphatic carbocycles. The molecule has 5 nitrogen and oxygen atoms in total. The molecule has 0 saturated heterocycles. The van der Waals surface area contributed by atoms with Crippen LogP contribution in [0.2, 0.25) is 0 Å². The Kier molecular flexibility index (Phi) is 3.74. The van der Waals surface area contributed by atoms with Crippen molar-refractivity contribution in [2.45, 2.75) is 0 Å². The van der Waals surface area contributed by atoms with Crippen molar-refractivity contribution in [2.24, 2.45) is 7.05 Å². The number of carbonyl (C=O) groups excluding carboxylic acids is 1. The highest BCUT2D eigenvalue weighted by Gasteiger charge is 2.15. The highest BCUT2D eigenvalue weighted by atomic mass is 16.1. The van der Waals surface area contributed by atoms with E-state index in [1.807, 2.05) is 67.7 Å². The third kappa shape index (κ3) is 2.87. The van der Waals surface area contributed by atoms with Gasteiger partial charge in [0, 0.05) is 18.6 Å². The van der Waals surface area contributed by atoms with Crippen molar-refractivity contribution in [3.63, 3.8) is 0 Å². The molecular weight excluding hydrogens is 312 g/mol. The molecule has 4 rings (SSSR count). The molecule has 1 amide bonds. The third-order valence-corrected chi connectivity index (χ3v) is 4.06. The number of hydrogen-bond donors (Lipinski definition) is 1. The monoisotopic (exact) mass is 328 g/mol. The molecule has 25 heavy (non-hydrogen) atoms. The van der Waals surface area contributed by atoms with Gasteiger partial charge in [-0.2, -0.15) is 5.10 Å². The van der Waals surface area contributed by atoms with Crippen LogP contribution in [0.3, 0.4) is 0 Å². The van der Waals surface area contributed by atoms with E-state index in [2.05, 4.69) is 15.4 Å². The first-order valence-corrected chi connectivity index (χ1v) is 7.97. The fraction of sp³-hybridized carbons (Fsp3) is 0.0500. The molecule has 0 radical (unpaired) electrons. The molecule has 0 spiro atoms. The van der Waals surface area contributed by atoms with Gasteiger partial charge in [0.2, 0.25) is 0 Å². The molecule has 0 fully saturated rings. The van der Waals surface area contributed by atoms with Gasteiger partial charge in [-0.25, -0.2) is 0 Å². The van der Waals surface area contributed by atoms with E-state index in [0.29, 0.717) is 11.4 Å². The molecule has 0 bridgehead atoms. The number of pyridine rings is 1. The van der Waals surface area contributed by atoms with Crippen molar-refractivity contribution >= 4 is 22.5 Å². The van der Waals surface area contributed by atoms with Crippen LogP contribution < -0.4 is 5.32 Å². The van der Waals surface area contributed by atoms with E-state index in [1.54, 1.807) is 16.9 Å². The quantitative estimate of drug-likeness (QED) is 0.621. The Labute approximate surface area is 144 Å². The van der Waals surface area contributed by atoms with Crippen LogP contribution in [0.4, 0.5) is 5.69 Å². The van der Waals surface area contributed by atoms with E-state index in [4.69, 9.17) is 0 Å². The van der Waals surface area contributed by atoms with Crippen LogP contribution in [-0.4, -0.2) is 20.7 Å². The molecule has 5 heteroatoms. The summed E-state index contributed by atoms with van der Waals surface area (Å²) >= 11 is 0. The highest BCUT2D eigenvalue weighted by molar-refractivity contribution is 6.07. The van der Waals surface area contributed by atoms with Gasteiger partial charge < -0.3 is 5.32 Å². The third-order valence-electron chi connectivity index (χ3n) is 4.06. The fourth-order valence-electron chi connectivity index (χ4n) is 2.85. The smallest absolute Gasteiger partial charge is 0.276 e. The largest absolute Gasteiger partial charge is 0.319 e. The van der Waals surface area contributed by atoms with Crippen LogP contribution in [0, 0.1) is 0 Å². The number of nitrogens with one attached hydrogen (secondary N) is 1. The van der Waals surface area contributed by atoms with Crippen LogP contribution in [0.25, 0.3) is 22.2 Å². The SMILES string of the molecule is Cn1nc(C(=O)Nc2cccc3cccnc23)cc1-c1ccccc1. The van der Waals surface area contributed by atoms with Gasteiger partial charge in [0.25, 0.3) is 5.91 Å². The van der Waals surface area contributed by atoms with Gasteiger partial charge in [-0.15, -0.1) is 0 Å². The number of carbonyl (C=O) groups is 1. The minimum atomic E-state index is -0.254. The Bertz CT molecular complexity index is 1050. The molecule has 0 atom stereocenters. The number of amides is 1. The van der Waals surface area contributed by atoms with Crippen molar-refractivity contribution in [1.29, 1.82) is 0 Å². The lowest BCUT2D eigenvalue weighted by Crippen LogP contribution is -2.13. The summed E-state index contributed by atoms with van der Waals surface area (Å²) in [4.78, 5) is 17.0. The van der Waals surface area contributed by atoms with E-state index >= 15 is 0 Å². The van der Waals surface area contributed by atoms with Gasteiger partial charge in [0.15, 0.2) is 5.69 Å². The molecule has 0 saturated carbocycles. The maximum absolute atomic E-state index is 12.6. The predicted molar refractivity (Wildman–Crippen MR) is 98.3 cm³/mol. The van der Waals surface area contributed by atoms with Gasteiger partial charge in [0.1, 0.15) is 0 Å². The van der Waals surface area contributed by atoms with E-state index in [0.717, 1.165) is 22.2 Å². The number of aromatic nitrogens is 3. The standard InChI is InChI=1S/C20H16N4O/c1-24-18(14-7-3-2-4-8-14)13-17(23-24)20(25)22-16-11-5-9-15-10-6-12-21-19(15)16/h2-13H,1H3,(H,22,25). The van der Waals surface area contributed by atoms with Gasteiger partial charge in [-0.3, -0.25) is 14.5 Å². The van der Waals surface area contributed by atoms with Crippen molar-refractivity contribution in [3.8, 4) is 11.3 Å². The Hall–Kier alpha value is -3.47. The fourth-order valence-corrected chi connectivity index (χ4v) is 2.85. The van der Waals surface area contributed by atoms with Gasteiger partial charge in [-0.05, 0) is 23.8 Å². The Morgan fingerprint density at radius 1 is 1.00 bits per heavy atom. The first-order chi connectivity index (χ1) is 12.2. The molecule has 1 N–H and O–H groups in total. The van der Waals surface area contributed by atoms with Crippen molar-refractivity contribution in [2.75, 3.05) is 5.32 Å². The second-order valence-electron chi connectivity index (χ2n) is 5.74. The number of fused-ring (bicyclic) bond motifs is 1. The Morgan fingerprint density at radius 3 is 2.64 bits per heavy atom. The van der Waals surface area contributed by atoms with Crippen LogP contribution in [-0.2, 0) is 7.05 Å². The van der Waals surface area contributed by atoms with Crippen LogP contribution in [0.1, 0.15) is 10.5 Å². The molecule has 2 aromatic carbocycles. The second kappa shape index (κ2) is 6.20. The van der Waals surface area contributed by atoms with E-state index < -0.39 is 0 Å². The van der Waals surface area contributed by atoms with E-state index in [-0.39, 0.29) is 5.91 Å². The molecule has 2 aromatic heterocycles. The summed E-state index contributed by atoms with van der Waals surface area (Å²) in [7, 11) is 1.83. The lowest BCUT2D eigenvalue weighted by atomic mass is 10.1. The minimum absolute atomic E-state index is 0.254. The van der Waals surface area contributed by atoms with Crippen molar-refractivity contribution < 1.29 is 4.79 Å². The zero-order valence-electron chi connectivity index (χ0n) is 13.7. The zero-order valence-corrected chi connectivity index (χ0v) is 13.7. The number of benzene rings is 2. The highest BCUT2D eigenvalue weighted by Crippen LogP contribution is 2.23. The summed E-state index contributed by atoms with van der Waals surface area (Å²) in [5, 5.41) is 8.24. The van der Waals surface area contributed by atoms with Crippen LogP contribution in [0.15, 0.2) is 72.9 Å². The molecule has 0 aliphatic rings. The molecule has 4 aromatic rings. The summed E-state index contributed by atoms with van der Waals surface area (Å²) in [5.41, 5.74) is 3.71. The van der Waals surface area contributed by atoms with Crippen molar-refractivity contribution in [3.05, 3.63) is 78.6 Å². The first kappa shape index (κ1) is 15.1. The van der Waals surface area contributed by atoms with Gasteiger partial charge in [-0.1, -0.05) is 48.5 Å². The number of nitrogens with zero attached hydrogens (tertiary/aromatic N) is 3.